The second-order valence-corrected chi connectivity index (χ2v) is 12.2. The van der Waals surface area contributed by atoms with Crippen molar-refractivity contribution >= 4 is 35.1 Å². The monoisotopic (exact) mass is 657 g/mol. The lowest BCUT2D eigenvalue weighted by Gasteiger charge is -2.37. The van der Waals surface area contributed by atoms with Crippen LogP contribution in [0.3, 0.4) is 0 Å². The molecule has 0 aliphatic carbocycles. The van der Waals surface area contributed by atoms with Gasteiger partial charge in [0.1, 0.15) is 5.75 Å². The number of benzene rings is 2. The van der Waals surface area contributed by atoms with Crippen LogP contribution in [0.2, 0.25) is 0 Å². The summed E-state index contributed by atoms with van der Waals surface area (Å²) < 4.78 is 0. The number of nitrogens with one attached hydrogen (secondary N) is 1. The number of likely N-dealkylation sites (N-methyl/N-ethyl adjacent to an activating group) is 1. The molecule has 1 atom stereocenters. The van der Waals surface area contributed by atoms with Gasteiger partial charge in [-0.2, -0.15) is 0 Å². The Morgan fingerprint density at radius 1 is 0.739 bits per heavy atom. The van der Waals surface area contributed by atoms with Gasteiger partial charge in [-0.3, -0.25) is 29.1 Å². The number of hydrogen-bond donors (Lipinski definition) is 5. The van der Waals surface area contributed by atoms with Crippen LogP contribution in [0, 0.1) is 0 Å². The van der Waals surface area contributed by atoms with Crippen molar-refractivity contribution in [2.24, 2.45) is 0 Å². The van der Waals surface area contributed by atoms with Crippen LogP contribution in [0.1, 0.15) is 23.6 Å². The number of hydrogen-bond acceptors (Lipinski definition) is 9. The van der Waals surface area contributed by atoms with Gasteiger partial charge in [-0.25, -0.2) is 0 Å². The largest absolute Gasteiger partial charge is 0.508 e. The van der Waals surface area contributed by atoms with Crippen molar-refractivity contribution in [3.63, 3.8) is 0 Å². The van der Waals surface area contributed by atoms with Crippen LogP contribution < -0.4 is 5.32 Å². The normalized spacial score (nSPS) is 17.9. The van der Waals surface area contributed by atoms with Crippen molar-refractivity contribution in [2.45, 2.75) is 32.2 Å². The summed E-state index contributed by atoms with van der Waals surface area (Å²) in [6.45, 7) is 6.24. The highest BCUT2D eigenvalue weighted by Crippen LogP contribution is 2.15. The Labute approximate surface area is 276 Å². The zero-order valence-corrected chi connectivity index (χ0v) is 27.3. The first-order chi connectivity index (χ1) is 22.0. The molecule has 1 unspecified atom stereocenters. The van der Waals surface area contributed by atoms with Gasteiger partial charge in [-0.15, -0.1) is 0 Å². The Kier molecular flexibility index (Phi) is 15.3. The molecule has 3 rings (SSSR count). The molecular formula is C33H47N5O7S. The summed E-state index contributed by atoms with van der Waals surface area (Å²) in [6, 6.07) is 14.8. The third-order valence-electron chi connectivity index (χ3n) is 8.19. The Hall–Kier alpha value is -3.62. The maximum absolute atomic E-state index is 12.0. The molecule has 2 aromatic carbocycles. The maximum atomic E-state index is 12.0. The lowest BCUT2D eigenvalue weighted by Crippen LogP contribution is -2.53. The van der Waals surface area contributed by atoms with E-state index in [1.165, 1.54) is 0 Å². The fourth-order valence-corrected chi connectivity index (χ4v) is 5.91. The molecular weight excluding hydrogens is 610 g/mol. The number of carbonyl (C=O) groups is 3. The summed E-state index contributed by atoms with van der Waals surface area (Å²) in [5.41, 5.74) is 3.11. The Bertz CT molecular complexity index is 1280. The fourth-order valence-electron chi connectivity index (χ4n) is 5.64. The second kappa shape index (κ2) is 19.1. The van der Waals surface area contributed by atoms with Gasteiger partial charge in [-0.05, 0) is 48.2 Å². The number of thiocarbonyl (C=S) groups is 1. The predicted octanol–water partition coefficient (Wildman–Crippen LogP) is 1.50. The zero-order valence-electron chi connectivity index (χ0n) is 26.5. The molecule has 0 bridgehead atoms. The van der Waals surface area contributed by atoms with Crippen molar-refractivity contribution in [2.75, 3.05) is 78.5 Å². The van der Waals surface area contributed by atoms with Crippen molar-refractivity contribution in [1.29, 1.82) is 0 Å². The SMILES string of the molecule is CCN1CCN(CC(=O)O)CCN(CC(=O)O)C(Cc2ccc(CC(=S)NCCc3ccc(O)cc3)cc2)CN(CC(=O)O)CC1. The average molecular weight is 658 g/mol. The molecule has 12 nitrogen and oxygen atoms in total. The van der Waals surface area contributed by atoms with Gasteiger partial charge in [0.2, 0.25) is 0 Å². The lowest BCUT2D eigenvalue weighted by molar-refractivity contribution is -0.141. The molecule has 2 aromatic rings. The first-order valence-corrected chi connectivity index (χ1v) is 16.1. The Morgan fingerprint density at radius 3 is 1.87 bits per heavy atom. The molecule has 0 saturated carbocycles. The smallest absolute Gasteiger partial charge is 0.317 e. The number of rotatable bonds is 14. The van der Waals surface area contributed by atoms with Gasteiger partial charge in [0, 0.05) is 64.8 Å². The lowest BCUT2D eigenvalue weighted by atomic mass is 10.0. The van der Waals surface area contributed by atoms with Gasteiger partial charge in [0.15, 0.2) is 0 Å². The molecule has 0 spiro atoms. The van der Waals surface area contributed by atoms with E-state index in [-0.39, 0.29) is 31.4 Å². The first-order valence-electron chi connectivity index (χ1n) is 15.7. The van der Waals surface area contributed by atoms with Crippen molar-refractivity contribution in [3.05, 3.63) is 65.2 Å². The standard InChI is InChI=1S/C33H47N5O7S/c1-2-35-13-15-36(22-31(40)41)17-18-38(24-33(44)45)28(21-37(16-14-35)23-32(42)43)19-26-3-5-27(6-4-26)20-30(46)34-12-11-25-7-9-29(39)10-8-25/h3-10,28,39H,2,11-24H2,1H3,(H,34,46)(H,40,41)(H,42,43)(H,44,45). The van der Waals surface area contributed by atoms with Crippen LogP contribution in [-0.4, -0.2) is 148 Å². The van der Waals surface area contributed by atoms with Crippen LogP contribution in [0.5, 0.6) is 5.75 Å². The molecule has 252 valence electrons. The van der Waals surface area contributed by atoms with E-state index in [1.807, 2.05) is 58.0 Å². The average Bonchev–Trinajstić information content (AvgIpc) is 2.99. The first kappa shape index (κ1) is 36.8. The minimum atomic E-state index is -0.995. The minimum absolute atomic E-state index is 0.136. The van der Waals surface area contributed by atoms with Crippen molar-refractivity contribution < 1.29 is 34.8 Å². The van der Waals surface area contributed by atoms with Crippen molar-refractivity contribution in [1.82, 2.24) is 24.9 Å². The van der Waals surface area contributed by atoms with Gasteiger partial charge in [-0.1, -0.05) is 55.5 Å². The molecule has 1 saturated heterocycles. The molecule has 13 heteroatoms. The highest BCUT2D eigenvalue weighted by atomic mass is 32.1. The molecule has 1 fully saturated rings. The number of aliphatic carboxylic acids is 3. The predicted molar refractivity (Wildman–Crippen MR) is 180 cm³/mol. The summed E-state index contributed by atoms with van der Waals surface area (Å²) in [4.78, 5) is 43.8. The molecule has 5 N–H and O–H groups in total. The van der Waals surface area contributed by atoms with Gasteiger partial charge < -0.3 is 30.6 Å². The van der Waals surface area contributed by atoms with E-state index in [9.17, 15) is 34.8 Å². The topological polar surface area (TPSA) is 157 Å². The third kappa shape index (κ3) is 13.8. The summed E-state index contributed by atoms with van der Waals surface area (Å²) in [7, 11) is 0. The van der Waals surface area contributed by atoms with E-state index in [0.717, 1.165) is 34.6 Å². The van der Waals surface area contributed by atoms with E-state index >= 15 is 0 Å². The van der Waals surface area contributed by atoms with E-state index in [2.05, 4.69) is 10.2 Å². The summed E-state index contributed by atoms with van der Waals surface area (Å²) >= 11 is 5.55. The van der Waals surface area contributed by atoms with Gasteiger partial charge >= 0.3 is 17.9 Å². The Morgan fingerprint density at radius 2 is 1.26 bits per heavy atom. The molecule has 0 aromatic heterocycles. The van der Waals surface area contributed by atoms with Crippen molar-refractivity contribution in [3.8, 4) is 5.75 Å². The highest BCUT2D eigenvalue weighted by molar-refractivity contribution is 7.80. The number of phenols is 1. The minimum Gasteiger partial charge on any atom is -0.508 e. The summed E-state index contributed by atoms with van der Waals surface area (Å²) in [5.74, 6) is -2.63. The number of carboxylic acid groups (broad SMARTS) is 3. The van der Waals surface area contributed by atoms with E-state index < -0.39 is 17.9 Å². The summed E-state index contributed by atoms with van der Waals surface area (Å²) in [5, 5.41) is 41.7. The summed E-state index contributed by atoms with van der Waals surface area (Å²) in [6.07, 6.45) is 1.84. The third-order valence-corrected chi connectivity index (χ3v) is 8.48. The van der Waals surface area contributed by atoms with Crippen LogP contribution >= 0.6 is 12.2 Å². The zero-order chi connectivity index (χ0) is 33.5. The molecule has 1 aliphatic rings. The quantitative estimate of drug-likeness (QED) is 0.187. The molecule has 1 heterocycles. The number of aromatic hydroxyl groups is 1. The van der Waals surface area contributed by atoms with Crippen LogP contribution in [0.4, 0.5) is 0 Å². The number of phenolic OH excluding ortho intramolecular Hbond substituents is 1. The van der Waals surface area contributed by atoms with Gasteiger partial charge in [0.25, 0.3) is 0 Å². The Balaban J connectivity index is 1.73. The van der Waals surface area contributed by atoms with E-state index in [1.54, 1.807) is 12.1 Å². The molecule has 1 aliphatic heterocycles. The van der Waals surface area contributed by atoms with E-state index in [0.29, 0.717) is 65.2 Å². The molecule has 0 radical (unpaired) electrons. The second-order valence-electron chi connectivity index (χ2n) is 11.7. The molecule has 0 amide bonds. The highest BCUT2D eigenvalue weighted by Gasteiger charge is 2.27. The molecule has 46 heavy (non-hydrogen) atoms. The van der Waals surface area contributed by atoms with E-state index in [4.69, 9.17) is 12.2 Å². The van der Waals surface area contributed by atoms with Crippen LogP contribution in [-0.2, 0) is 33.6 Å². The van der Waals surface area contributed by atoms with Crippen LogP contribution in [0.25, 0.3) is 0 Å². The van der Waals surface area contributed by atoms with Gasteiger partial charge in [0.05, 0.1) is 24.6 Å². The van der Waals surface area contributed by atoms with Crippen LogP contribution in [0.15, 0.2) is 48.5 Å². The number of nitrogens with zero attached hydrogens (tertiary/aromatic N) is 4. The maximum Gasteiger partial charge on any atom is 0.317 e. The number of carboxylic acids is 3. The fraction of sp³-hybridized carbons (Fsp3) is 0.515.